The number of rotatable bonds is 5. The Balaban J connectivity index is 4.44. The summed E-state index contributed by atoms with van der Waals surface area (Å²) in [5, 5.41) is 10.1. The van der Waals surface area contributed by atoms with E-state index in [1.165, 1.54) is 20.8 Å². The molecule has 1 atom stereocenters. The van der Waals surface area contributed by atoms with Gasteiger partial charge in [0.05, 0.1) is 0 Å². The molecule has 0 aliphatic rings. The first-order chi connectivity index (χ1) is 8.42. The van der Waals surface area contributed by atoms with Crippen molar-refractivity contribution >= 4 is 12.1 Å². The molecule has 0 heterocycles. The Morgan fingerprint density at radius 2 is 1.79 bits per heavy atom. The summed E-state index contributed by atoms with van der Waals surface area (Å²) >= 11 is 0. The van der Waals surface area contributed by atoms with Crippen LogP contribution in [-0.2, 0) is 9.53 Å². The Morgan fingerprint density at radius 3 is 2.16 bits per heavy atom. The Kier molecular flexibility index (Phi) is 6.11. The zero-order chi connectivity index (χ0) is 15.3. The monoisotopic (exact) mass is 285 g/mol. The smallest absolute Gasteiger partial charge is 0.408 e. The molecule has 0 spiro atoms. The van der Waals surface area contributed by atoms with Gasteiger partial charge in [0.2, 0.25) is 0 Å². The lowest BCUT2D eigenvalue weighted by atomic mass is 10.1. The SMILES string of the molecule is CC(C)(C)OC(=O)NC(CCCC(=O)O)C(F)(F)F. The number of halogens is 3. The van der Waals surface area contributed by atoms with Crippen molar-refractivity contribution in [3.63, 3.8) is 0 Å². The van der Waals surface area contributed by atoms with Crippen LogP contribution in [0.4, 0.5) is 18.0 Å². The van der Waals surface area contributed by atoms with Crippen molar-refractivity contribution in [3.05, 3.63) is 0 Å². The van der Waals surface area contributed by atoms with Gasteiger partial charge in [-0.1, -0.05) is 0 Å². The first-order valence-corrected chi connectivity index (χ1v) is 5.70. The summed E-state index contributed by atoms with van der Waals surface area (Å²) < 4.78 is 42.6. The highest BCUT2D eigenvalue weighted by Crippen LogP contribution is 2.24. The van der Waals surface area contributed by atoms with Gasteiger partial charge in [0.15, 0.2) is 0 Å². The molecule has 0 bridgehead atoms. The van der Waals surface area contributed by atoms with Gasteiger partial charge in [0, 0.05) is 6.42 Å². The van der Waals surface area contributed by atoms with E-state index >= 15 is 0 Å². The fourth-order valence-electron chi connectivity index (χ4n) is 1.22. The first-order valence-electron chi connectivity index (χ1n) is 5.70. The molecule has 0 aliphatic carbocycles. The number of alkyl carbamates (subject to hydrolysis) is 1. The molecule has 0 rings (SSSR count). The molecule has 0 fully saturated rings. The van der Waals surface area contributed by atoms with Crippen molar-refractivity contribution in [3.8, 4) is 0 Å². The van der Waals surface area contributed by atoms with Gasteiger partial charge < -0.3 is 15.2 Å². The summed E-state index contributed by atoms with van der Waals surface area (Å²) in [6, 6.07) is -2.11. The lowest BCUT2D eigenvalue weighted by molar-refractivity contribution is -0.157. The number of carbonyl (C=O) groups excluding carboxylic acids is 1. The lowest BCUT2D eigenvalue weighted by Crippen LogP contribution is -2.47. The molecule has 1 amide bonds. The molecule has 8 heteroatoms. The van der Waals surface area contributed by atoms with E-state index < -0.39 is 36.3 Å². The van der Waals surface area contributed by atoms with Gasteiger partial charge in [-0.05, 0) is 33.6 Å². The number of carboxylic acid groups (broad SMARTS) is 1. The Morgan fingerprint density at radius 1 is 1.26 bits per heavy atom. The Labute approximate surface area is 109 Å². The van der Waals surface area contributed by atoms with E-state index in [4.69, 9.17) is 9.84 Å². The van der Waals surface area contributed by atoms with Crippen LogP contribution in [0.25, 0.3) is 0 Å². The molecule has 0 aliphatic heterocycles. The Bertz CT molecular complexity index is 323. The molecule has 0 radical (unpaired) electrons. The summed E-state index contributed by atoms with van der Waals surface area (Å²) in [6.07, 6.45) is -6.90. The average molecular weight is 285 g/mol. The van der Waals surface area contributed by atoms with E-state index in [9.17, 15) is 22.8 Å². The summed E-state index contributed by atoms with van der Waals surface area (Å²) in [5.74, 6) is -1.18. The van der Waals surface area contributed by atoms with Crippen LogP contribution < -0.4 is 5.32 Å². The minimum atomic E-state index is -4.64. The third-order valence-electron chi connectivity index (χ3n) is 1.97. The molecule has 0 aromatic carbocycles. The molecule has 5 nitrogen and oxygen atoms in total. The van der Waals surface area contributed by atoms with Crippen LogP contribution in [0.15, 0.2) is 0 Å². The summed E-state index contributed by atoms with van der Waals surface area (Å²) in [5.41, 5.74) is -0.901. The number of alkyl halides is 3. The standard InChI is InChI=1S/C11H18F3NO4/c1-10(2,3)19-9(18)15-7(11(12,13)14)5-4-6-8(16)17/h7H,4-6H2,1-3H3,(H,15,18)(H,16,17). The van der Waals surface area contributed by atoms with E-state index in [0.29, 0.717) is 0 Å². The van der Waals surface area contributed by atoms with Crippen LogP contribution in [0.1, 0.15) is 40.0 Å². The normalized spacial score (nSPS) is 13.8. The van der Waals surface area contributed by atoms with Crippen LogP contribution in [0.3, 0.4) is 0 Å². The molecule has 112 valence electrons. The molecular formula is C11H18F3NO4. The summed E-state index contributed by atoms with van der Waals surface area (Å²) in [6.45, 7) is 4.58. The van der Waals surface area contributed by atoms with Gasteiger partial charge in [0.1, 0.15) is 11.6 Å². The van der Waals surface area contributed by atoms with E-state index in [-0.39, 0.29) is 12.8 Å². The van der Waals surface area contributed by atoms with Gasteiger partial charge in [-0.3, -0.25) is 4.79 Å². The number of carboxylic acids is 1. The van der Waals surface area contributed by atoms with E-state index in [1.54, 1.807) is 5.32 Å². The number of amides is 1. The second kappa shape index (κ2) is 6.63. The number of aliphatic carboxylic acids is 1. The van der Waals surface area contributed by atoms with Gasteiger partial charge in [-0.2, -0.15) is 13.2 Å². The highest BCUT2D eigenvalue weighted by atomic mass is 19.4. The molecule has 1 unspecified atom stereocenters. The number of ether oxygens (including phenoxy) is 1. The van der Waals surface area contributed by atoms with Gasteiger partial charge in [-0.15, -0.1) is 0 Å². The minimum Gasteiger partial charge on any atom is -0.481 e. The van der Waals surface area contributed by atoms with E-state index in [1.807, 2.05) is 0 Å². The predicted molar refractivity (Wildman–Crippen MR) is 60.7 cm³/mol. The number of carbonyl (C=O) groups is 2. The zero-order valence-corrected chi connectivity index (χ0v) is 11.0. The first kappa shape index (κ1) is 17.5. The molecular weight excluding hydrogens is 267 g/mol. The summed E-state index contributed by atoms with van der Waals surface area (Å²) in [7, 11) is 0. The third kappa shape index (κ3) is 9.15. The van der Waals surface area contributed by atoms with Crippen molar-refractivity contribution in [1.82, 2.24) is 5.32 Å². The highest BCUT2D eigenvalue weighted by Gasteiger charge is 2.41. The largest absolute Gasteiger partial charge is 0.481 e. The van der Waals surface area contributed by atoms with Gasteiger partial charge >= 0.3 is 18.2 Å². The van der Waals surface area contributed by atoms with Crippen LogP contribution in [0.5, 0.6) is 0 Å². The second-order valence-corrected chi connectivity index (χ2v) is 5.03. The molecule has 0 saturated carbocycles. The Hall–Kier alpha value is -1.47. The third-order valence-corrected chi connectivity index (χ3v) is 1.97. The van der Waals surface area contributed by atoms with Crippen molar-refractivity contribution in [1.29, 1.82) is 0 Å². The van der Waals surface area contributed by atoms with Crippen molar-refractivity contribution in [2.24, 2.45) is 0 Å². The zero-order valence-electron chi connectivity index (χ0n) is 11.0. The van der Waals surface area contributed by atoms with E-state index in [2.05, 4.69) is 0 Å². The predicted octanol–water partition coefficient (Wildman–Crippen LogP) is 2.70. The fourth-order valence-corrected chi connectivity index (χ4v) is 1.22. The lowest BCUT2D eigenvalue weighted by Gasteiger charge is -2.25. The van der Waals surface area contributed by atoms with Crippen molar-refractivity contribution in [2.75, 3.05) is 0 Å². The average Bonchev–Trinajstić information content (AvgIpc) is 2.10. The number of hydrogen-bond acceptors (Lipinski definition) is 3. The summed E-state index contributed by atoms with van der Waals surface area (Å²) in [4.78, 5) is 21.5. The van der Waals surface area contributed by atoms with Crippen LogP contribution >= 0.6 is 0 Å². The van der Waals surface area contributed by atoms with Gasteiger partial charge in [-0.25, -0.2) is 4.79 Å². The topological polar surface area (TPSA) is 75.6 Å². The highest BCUT2D eigenvalue weighted by molar-refractivity contribution is 5.68. The quantitative estimate of drug-likeness (QED) is 0.814. The molecule has 0 aromatic heterocycles. The second-order valence-electron chi connectivity index (χ2n) is 5.03. The van der Waals surface area contributed by atoms with Gasteiger partial charge in [0.25, 0.3) is 0 Å². The van der Waals surface area contributed by atoms with Crippen molar-refractivity contribution < 1.29 is 32.6 Å². The van der Waals surface area contributed by atoms with Crippen molar-refractivity contribution in [2.45, 2.75) is 57.9 Å². The minimum absolute atomic E-state index is 0.185. The van der Waals surface area contributed by atoms with Crippen LogP contribution in [0, 0.1) is 0 Å². The molecule has 19 heavy (non-hydrogen) atoms. The molecule has 2 N–H and O–H groups in total. The van der Waals surface area contributed by atoms with E-state index in [0.717, 1.165) is 0 Å². The fraction of sp³-hybridized carbons (Fsp3) is 0.818. The maximum absolute atomic E-state index is 12.6. The number of nitrogens with one attached hydrogen (secondary N) is 1. The van der Waals surface area contributed by atoms with Crippen LogP contribution in [0.2, 0.25) is 0 Å². The maximum atomic E-state index is 12.6. The molecule has 0 aromatic rings. The van der Waals surface area contributed by atoms with Crippen LogP contribution in [-0.4, -0.2) is 35.0 Å². The maximum Gasteiger partial charge on any atom is 0.408 e. The number of hydrogen-bond donors (Lipinski definition) is 2. The molecule has 0 saturated heterocycles.